The molecule has 3 heterocycles. The number of aromatic nitrogens is 1. The van der Waals surface area contributed by atoms with E-state index in [1.54, 1.807) is 13.2 Å². The number of aliphatic hydroxyl groups is 1. The van der Waals surface area contributed by atoms with Gasteiger partial charge in [-0.15, -0.1) is 0 Å². The Morgan fingerprint density at radius 3 is 2.53 bits per heavy atom. The lowest BCUT2D eigenvalue weighted by Crippen LogP contribution is -2.48. The van der Waals surface area contributed by atoms with Gasteiger partial charge in [-0.2, -0.15) is 0 Å². The van der Waals surface area contributed by atoms with Crippen molar-refractivity contribution in [3.8, 4) is 17.0 Å². The summed E-state index contributed by atoms with van der Waals surface area (Å²) in [4.78, 5) is 29.4. The summed E-state index contributed by atoms with van der Waals surface area (Å²) in [5, 5.41) is 17.1. The number of carbonyl (C=O) groups excluding carboxylic acids is 2. The number of amides is 2. The Labute approximate surface area is 254 Å². The molecule has 4 aliphatic rings. The molecule has 228 valence electrons. The van der Waals surface area contributed by atoms with E-state index in [0.29, 0.717) is 44.0 Å². The van der Waals surface area contributed by atoms with Gasteiger partial charge >= 0.3 is 0 Å². The van der Waals surface area contributed by atoms with Crippen LogP contribution in [0.15, 0.2) is 36.4 Å². The van der Waals surface area contributed by atoms with Gasteiger partial charge in [0.05, 0.1) is 23.8 Å². The molecule has 3 fully saturated rings. The average Bonchev–Trinajstić information content (AvgIpc) is 3.66. The lowest BCUT2D eigenvalue weighted by molar-refractivity contribution is -0.141. The molecule has 4 N–H and O–H groups in total. The van der Waals surface area contributed by atoms with Gasteiger partial charge in [0.15, 0.2) is 11.2 Å². The maximum absolute atomic E-state index is 14.5. The monoisotopic (exact) mass is 604 g/mol. The van der Waals surface area contributed by atoms with Crippen molar-refractivity contribution < 1.29 is 23.6 Å². The minimum Gasteiger partial charge on any atom is -0.497 e. The van der Waals surface area contributed by atoms with E-state index in [0.717, 1.165) is 52.7 Å². The van der Waals surface area contributed by atoms with Crippen molar-refractivity contribution in [1.82, 2.24) is 14.2 Å². The van der Waals surface area contributed by atoms with Crippen LogP contribution in [-0.2, 0) is 22.5 Å². The van der Waals surface area contributed by atoms with E-state index in [2.05, 4.69) is 21.4 Å². The quantitative estimate of drug-likeness (QED) is 0.396. The first kappa shape index (κ1) is 28.6. The van der Waals surface area contributed by atoms with Gasteiger partial charge in [0, 0.05) is 47.6 Å². The highest BCUT2D eigenvalue weighted by molar-refractivity contribution is 7.81. The van der Waals surface area contributed by atoms with Gasteiger partial charge in [-0.25, -0.2) is 9.35 Å². The summed E-state index contributed by atoms with van der Waals surface area (Å²) in [6.45, 7) is 3.43. The van der Waals surface area contributed by atoms with Crippen LogP contribution >= 0.6 is 0 Å². The molecule has 43 heavy (non-hydrogen) atoms. The van der Waals surface area contributed by atoms with Crippen molar-refractivity contribution in [3.05, 3.63) is 53.1 Å². The van der Waals surface area contributed by atoms with E-state index < -0.39 is 28.1 Å². The molecule has 1 saturated heterocycles. The fourth-order valence-corrected chi connectivity index (χ4v) is 8.38. The number of piperidine rings is 1. The van der Waals surface area contributed by atoms with Crippen molar-refractivity contribution in [2.24, 2.45) is 10.6 Å². The minimum atomic E-state index is -1.97. The van der Waals surface area contributed by atoms with Crippen LogP contribution in [0.2, 0.25) is 0 Å². The van der Waals surface area contributed by atoms with E-state index in [1.165, 1.54) is 24.8 Å². The van der Waals surface area contributed by atoms with Crippen molar-refractivity contribution in [1.29, 1.82) is 0 Å². The number of hydrogen-bond acceptors (Lipinski definition) is 5. The molecule has 10 heteroatoms. The molecule has 0 radical (unpaired) electrons. The zero-order chi connectivity index (χ0) is 30.1. The molecule has 1 aromatic heterocycles. The number of nitrogens with two attached hydrogens (primary N) is 1. The molecule has 2 aromatic carbocycles. The van der Waals surface area contributed by atoms with Crippen molar-refractivity contribution >= 4 is 33.9 Å². The number of ether oxygens (including phenoxy) is 1. The molecule has 0 bridgehead atoms. The number of nitrogens with zero attached hydrogens (tertiary/aromatic N) is 2. The Morgan fingerprint density at radius 1 is 1.09 bits per heavy atom. The summed E-state index contributed by atoms with van der Waals surface area (Å²) >= 11 is -1.97. The summed E-state index contributed by atoms with van der Waals surface area (Å²) < 4.78 is 21.9. The first-order valence-corrected chi connectivity index (χ1v) is 16.7. The van der Waals surface area contributed by atoms with E-state index in [-0.39, 0.29) is 11.8 Å². The number of rotatable bonds is 5. The van der Waals surface area contributed by atoms with Gasteiger partial charge in [0.2, 0.25) is 5.91 Å². The lowest BCUT2D eigenvalue weighted by atomic mass is 9.81. The highest BCUT2D eigenvalue weighted by Crippen LogP contribution is 2.66. The van der Waals surface area contributed by atoms with Gasteiger partial charge in [-0.1, -0.05) is 25.3 Å². The molecule has 0 spiro atoms. The van der Waals surface area contributed by atoms with E-state index >= 15 is 0 Å². The smallest absolute Gasteiger partial charge is 0.264 e. The Hall–Kier alpha value is -3.21. The number of likely N-dealkylation sites (tertiary alicyclic amines) is 1. The number of hydrogen-bond donors (Lipinski definition) is 3. The van der Waals surface area contributed by atoms with E-state index in [4.69, 9.17) is 9.88 Å². The Balaban J connectivity index is 1.43. The number of methoxy groups -OCH3 is 1. The molecule has 2 aliphatic carbocycles. The SMILES string of the molecule is COc1ccc2c(c1)C1CC1(C(=O)N1CCC(C)(O)CC1)Cn1c-2c(C2CCCCC2)c2ccc(C(=O)NS(N)=O)cc21. The largest absolute Gasteiger partial charge is 0.497 e. The van der Waals surface area contributed by atoms with Crippen LogP contribution in [0.1, 0.15) is 91.6 Å². The molecular formula is C33H40N4O5S. The normalized spacial score (nSPS) is 25.2. The zero-order valence-corrected chi connectivity index (χ0v) is 25.7. The molecule has 3 atom stereocenters. The molecule has 9 nitrogen and oxygen atoms in total. The maximum atomic E-state index is 14.5. The fourth-order valence-electron chi connectivity index (χ4n) is 8.08. The van der Waals surface area contributed by atoms with Crippen molar-refractivity contribution in [3.63, 3.8) is 0 Å². The molecule has 2 saturated carbocycles. The third-order valence-electron chi connectivity index (χ3n) is 10.5. The van der Waals surface area contributed by atoms with Crippen LogP contribution in [0, 0.1) is 5.41 Å². The van der Waals surface area contributed by atoms with Crippen LogP contribution in [-0.4, -0.2) is 56.4 Å². The molecule has 3 aromatic rings. The van der Waals surface area contributed by atoms with Crippen LogP contribution in [0.5, 0.6) is 5.75 Å². The second kappa shape index (κ2) is 10.5. The predicted octanol–water partition coefficient (Wildman–Crippen LogP) is 4.49. The van der Waals surface area contributed by atoms with Gasteiger partial charge in [0.1, 0.15) is 5.75 Å². The van der Waals surface area contributed by atoms with Gasteiger partial charge in [0.25, 0.3) is 5.91 Å². The number of fused-ring (bicyclic) bond motifs is 7. The Morgan fingerprint density at radius 2 is 1.84 bits per heavy atom. The second-order valence-corrected chi connectivity index (χ2v) is 14.1. The Kier molecular flexibility index (Phi) is 6.94. The van der Waals surface area contributed by atoms with E-state index in [1.807, 2.05) is 30.0 Å². The molecule has 7 rings (SSSR count). The molecule has 2 amide bonds. The molecule has 2 aliphatic heterocycles. The van der Waals surface area contributed by atoms with Gasteiger partial charge in [-0.05, 0) is 86.4 Å². The fraction of sp³-hybridized carbons (Fsp3) is 0.515. The highest BCUT2D eigenvalue weighted by atomic mass is 32.2. The first-order valence-electron chi connectivity index (χ1n) is 15.5. The number of carbonyl (C=O) groups is 2. The van der Waals surface area contributed by atoms with Crippen LogP contribution in [0.25, 0.3) is 22.2 Å². The second-order valence-electron chi connectivity index (χ2n) is 13.3. The predicted molar refractivity (Wildman–Crippen MR) is 166 cm³/mol. The summed E-state index contributed by atoms with van der Waals surface area (Å²) in [6.07, 6.45) is 7.67. The number of nitrogens with one attached hydrogen (secondary N) is 1. The van der Waals surface area contributed by atoms with E-state index in [9.17, 15) is 18.9 Å². The maximum Gasteiger partial charge on any atom is 0.264 e. The van der Waals surface area contributed by atoms with Crippen LogP contribution < -0.4 is 14.6 Å². The third-order valence-corrected chi connectivity index (χ3v) is 10.9. The minimum absolute atomic E-state index is 0.0489. The standard InChI is InChI=1S/C33H40N4O5S/c1-32(40)12-14-36(15-13-32)31(39)33-18-26(33)25-17-22(42-2)9-11-23(25)29-28(20-6-4-3-5-7-20)24-10-8-21(30(38)35-43(34)41)16-27(24)37(29)19-33/h8-11,16-17,20,26,40H,3-7,12-15,18-19,34H2,1-2H3,(H,35,38). The summed E-state index contributed by atoms with van der Waals surface area (Å²) in [5.74, 6) is 0.852. The molecular weight excluding hydrogens is 564 g/mol. The Bertz CT molecular complexity index is 1650. The highest BCUT2D eigenvalue weighted by Gasteiger charge is 2.64. The van der Waals surface area contributed by atoms with Crippen molar-refractivity contribution in [2.75, 3.05) is 20.2 Å². The first-order chi connectivity index (χ1) is 20.6. The summed E-state index contributed by atoms with van der Waals surface area (Å²) in [6, 6.07) is 11.9. The molecule has 3 unspecified atom stereocenters. The number of benzene rings is 2. The average molecular weight is 605 g/mol. The van der Waals surface area contributed by atoms with Crippen LogP contribution in [0.4, 0.5) is 0 Å². The third kappa shape index (κ3) is 4.78. The van der Waals surface area contributed by atoms with Gasteiger partial charge < -0.3 is 19.3 Å². The van der Waals surface area contributed by atoms with Gasteiger partial charge in [-0.3, -0.25) is 14.3 Å². The zero-order valence-electron chi connectivity index (χ0n) is 24.9. The lowest BCUT2D eigenvalue weighted by Gasteiger charge is -2.38. The topological polar surface area (TPSA) is 127 Å². The van der Waals surface area contributed by atoms with Crippen molar-refractivity contribution in [2.45, 2.75) is 82.3 Å². The summed E-state index contributed by atoms with van der Waals surface area (Å²) in [5.41, 5.74) is 4.64. The summed E-state index contributed by atoms with van der Waals surface area (Å²) in [7, 11) is 1.68. The van der Waals surface area contributed by atoms with Crippen LogP contribution in [0.3, 0.4) is 0 Å².